The molecule has 3 nitrogen and oxygen atoms in total. The van der Waals surface area contributed by atoms with Crippen LogP contribution in [0.25, 0.3) is 0 Å². The molecule has 0 saturated carbocycles. The van der Waals surface area contributed by atoms with Gasteiger partial charge in [-0.1, -0.05) is 39.0 Å². The van der Waals surface area contributed by atoms with Gasteiger partial charge in [0.2, 0.25) is 5.91 Å². The van der Waals surface area contributed by atoms with Crippen LogP contribution in [0.5, 0.6) is 0 Å². The molecule has 1 rings (SSSR count). The van der Waals surface area contributed by atoms with E-state index in [1.54, 1.807) is 32.2 Å². The number of rotatable bonds is 3. The lowest BCUT2D eigenvalue weighted by molar-refractivity contribution is -0.135. The Kier molecular flexibility index (Phi) is 4.69. The minimum absolute atomic E-state index is 0.178. The molecule has 0 heterocycles. The van der Waals surface area contributed by atoms with Crippen LogP contribution >= 0.6 is 0 Å². The third-order valence-corrected chi connectivity index (χ3v) is 3.48. The summed E-state index contributed by atoms with van der Waals surface area (Å²) in [5.41, 5.74) is 6.14. The molecule has 1 aromatic carbocycles. The van der Waals surface area contributed by atoms with E-state index in [1.165, 1.54) is 11.0 Å². The van der Waals surface area contributed by atoms with Crippen LogP contribution in [0.15, 0.2) is 24.3 Å². The van der Waals surface area contributed by atoms with Crippen LogP contribution in [-0.2, 0) is 4.79 Å². The minimum atomic E-state index is -0.605. The SMILES string of the molecule is CC(c1ccccc1F)N(C)C(=O)[C@@H](N)C(C)(C)C. The number of nitrogens with zero attached hydrogens (tertiary/aromatic N) is 1. The summed E-state index contributed by atoms with van der Waals surface area (Å²) in [4.78, 5) is 13.8. The van der Waals surface area contributed by atoms with Gasteiger partial charge >= 0.3 is 0 Å². The van der Waals surface area contributed by atoms with Gasteiger partial charge < -0.3 is 10.6 Å². The highest BCUT2D eigenvalue weighted by Gasteiger charge is 2.32. The molecule has 0 spiro atoms. The fourth-order valence-electron chi connectivity index (χ4n) is 1.80. The van der Waals surface area contributed by atoms with Crippen LogP contribution < -0.4 is 5.73 Å². The first-order chi connectivity index (χ1) is 8.66. The molecule has 0 bridgehead atoms. The number of likely N-dealkylation sites (N-methyl/N-ethyl adjacent to an activating group) is 1. The van der Waals surface area contributed by atoms with Gasteiger partial charge in [0.05, 0.1) is 12.1 Å². The Bertz CT molecular complexity index is 454. The summed E-state index contributed by atoms with van der Waals surface area (Å²) in [7, 11) is 1.66. The van der Waals surface area contributed by atoms with E-state index in [0.29, 0.717) is 5.56 Å². The number of halogens is 1. The van der Waals surface area contributed by atoms with E-state index in [2.05, 4.69) is 0 Å². The summed E-state index contributed by atoms with van der Waals surface area (Å²) in [5.74, 6) is -0.484. The summed E-state index contributed by atoms with van der Waals surface area (Å²) >= 11 is 0. The van der Waals surface area contributed by atoms with Gasteiger partial charge in [-0.3, -0.25) is 4.79 Å². The molecule has 0 aliphatic heterocycles. The Balaban J connectivity index is 2.92. The van der Waals surface area contributed by atoms with Crippen LogP contribution in [0.3, 0.4) is 0 Å². The van der Waals surface area contributed by atoms with Gasteiger partial charge in [-0.25, -0.2) is 4.39 Å². The molecule has 19 heavy (non-hydrogen) atoms. The van der Waals surface area contributed by atoms with Crippen molar-refractivity contribution < 1.29 is 9.18 Å². The Labute approximate surface area is 114 Å². The maximum atomic E-state index is 13.7. The number of hydrogen-bond acceptors (Lipinski definition) is 2. The van der Waals surface area contributed by atoms with Crippen LogP contribution in [0.1, 0.15) is 39.3 Å². The maximum Gasteiger partial charge on any atom is 0.240 e. The van der Waals surface area contributed by atoms with Crippen molar-refractivity contribution in [3.8, 4) is 0 Å². The molecule has 106 valence electrons. The van der Waals surface area contributed by atoms with Gasteiger partial charge in [0.1, 0.15) is 5.82 Å². The molecule has 0 fully saturated rings. The molecule has 0 aromatic heterocycles. The Hall–Kier alpha value is -1.42. The predicted molar refractivity (Wildman–Crippen MR) is 75.0 cm³/mol. The molecular formula is C15H23FN2O. The van der Waals surface area contributed by atoms with Crippen LogP contribution in [0, 0.1) is 11.2 Å². The smallest absolute Gasteiger partial charge is 0.240 e. The van der Waals surface area contributed by atoms with Crippen LogP contribution in [0.4, 0.5) is 4.39 Å². The van der Waals surface area contributed by atoms with E-state index >= 15 is 0 Å². The van der Waals surface area contributed by atoms with Crippen molar-refractivity contribution in [1.29, 1.82) is 0 Å². The highest BCUT2D eigenvalue weighted by molar-refractivity contribution is 5.82. The second-order valence-corrected chi connectivity index (χ2v) is 5.99. The molecular weight excluding hydrogens is 243 g/mol. The molecule has 0 saturated heterocycles. The van der Waals surface area contributed by atoms with Crippen molar-refractivity contribution in [2.45, 2.75) is 39.8 Å². The van der Waals surface area contributed by atoms with E-state index in [0.717, 1.165) is 0 Å². The van der Waals surface area contributed by atoms with Gasteiger partial charge in [-0.05, 0) is 18.4 Å². The lowest BCUT2D eigenvalue weighted by Crippen LogP contribution is -2.49. The Morgan fingerprint density at radius 3 is 2.32 bits per heavy atom. The summed E-state index contributed by atoms with van der Waals surface area (Å²) in [6.45, 7) is 7.54. The van der Waals surface area contributed by atoms with Gasteiger partial charge in [0.15, 0.2) is 0 Å². The molecule has 1 aromatic rings. The lowest BCUT2D eigenvalue weighted by atomic mass is 9.86. The number of amides is 1. The van der Waals surface area contributed by atoms with E-state index in [-0.39, 0.29) is 23.2 Å². The van der Waals surface area contributed by atoms with E-state index in [9.17, 15) is 9.18 Å². The van der Waals surface area contributed by atoms with E-state index in [4.69, 9.17) is 5.73 Å². The first-order valence-electron chi connectivity index (χ1n) is 6.43. The van der Waals surface area contributed by atoms with Crippen LogP contribution in [-0.4, -0.2) is 23.9 Å². The molecule has 4 heteroatoms. The zero-order chi connectivity index (χ0) is 14.8. The van der Waals surface area contributed by atoms with E-state index < -0.39 is 6.04 Å². The lowest BCUT2D eigenvalue weighted by Gasteiger charge is -2.33. The number of carbonyl (C=O) groups excluding carboxylic acids is 1. The normalized spacial score (nSPS) is 14.9. The summed E-state index contributed by atoms with van der Waals surface area (Å²) in [5, 5.41) is 0. The van der Waals surface area contributed by atoms with Gasteiger partial charge in [-0.2, -0.15) is 0 Å². The third kappa shape index (κ3) is 3.53. The average Bonchev–Trinajstić information content (AvgIpc) is 2.34. The zero-order valence-electron chi connectivity index (χ0n) is 12.3. The number of carbonyl (C=O) groups is 1. The molecule has 1 unspecified atom stereocenters. The summed E-state index contributed by atoms with van der Waals surface area (Å²) in [6, 6.07) is 5.53. The van der Waals surface area contributed by atoms with Gasteiger partial charge in [0.25, 0.3) is 0 Å². The summed E-state index contributed by atoms with van der Waals surface area (Å²) < 4.78 is 13.7. The quantitative estimate of drug-likeness (QED) is 0.914. The van der Waals surface area contributed by atoms with E-state index in [1.807, 2.05) is 20.8 Å². The molecule has 0 aliphatic rings. The fourth-order valence-corrected chi connectivity index (χ4v) is 1.80. The minimum Gasteiger partial charge on any atom is -0.338 e. The van der Waals surface area contributed by atoms with Crippen LogP contribution in [0.2, 0.25) is 0 Å². The maximum absolute atomic E-state index is 13.7. The highest BCUT2D eigenvalue weighted by Crippen LogP contribution is 2.25. The zero-order valence-corrected chi connectivity index (χ0v) is 12.3. The average molecular weight is 266 g/mol. The largest absolute Gasteiger partial charge is 0.338 e. The first kappa shape index (κ1) is 15.6. The second kappa shape index (κ2) is 5.70. The molecule has 2 N–H and O–H groups in total. The predicted octanol–water partition coefficient (Wildman–Crippen LogP) is 2.72. The highest BCUT2D eigenvalue weighted by atomic mass is 19.1. The topological polar surface area (TPSA) is 46.3 Å². The number of benzene rings is 1. The first-order valence-corrected chi connectivity index (χ1v) is 6.43. The van der Waals surface area contributed by atoms with Gasteiger partial charge in [-0.15, -0.1) is 0 Å². The molecule has 2 atom stereocenters. The van der Waals surface area contributed by atoms with Crippen molar-refractivity contribution in [3.05, 3.63) is 35.6 Å². The standard InChI is InChI=1S/C15H23FN2O/c1-10(11-8-6-7-9-12(11)16)18(5)14(19)13(17)15(2,3)4/h6-10,13H,17H2,1-5H3/t10?,13-/m1/s1. The fraction of sp³-hybridized carbons (Fsp3) is 0.533. The van der Waals surface area contributed by atoms with Gasteiger partial charge in [0, 0.05) is 12.6 Å². The van der Waals surface area contributed by atoms with Crippen molar-refractivity contribution in [2.24, 2.45) is 11.1 Å². The van der Waals surface area contributed by atoms with Crippen molar-refractivity contribution in [2.75, 3.05) is 7.05 Å². The third-order valence-electron chi connectivity index (χ3n) is 3.48. The second-order valence-electron chi connectivity index (χ2n) is 5.99. The van der Waals surface area contributed by atoms with Crippen molar-refractivity contribution in [1.82, 2.24) is 4.90 Å². The number of hydrogen-bond donors (Lipinski definition) is 1. The summed E-state index contributed by atoms with van der Waals surface area (Å²) in [6.07, 6.45) is 0. The van der Waals surface area contributed by atoms with Crippen molar-refractivity contribution >= 4 is 5.91 Å². The Morgan fingerprint density at radius 2 is 1.84 bits per heavy atom. The number of nitrogens with two attached hydrogens (primary N) is 1. The Morgan fingerprint density at radius 1 is 1.32 bits per heavy atom. The van der Waals surface area contributed by atoms with Crippen molar-refractivity contribution in [3.63, 3.8) is 0 Å². The molecule has 0 aliphatic carbocycles. The molecule has 1 amide bonds. The monoisotopic (exact) mass is 266 g/mol. The molecule has 0 radical (unpaired) electrons.